The molecule has 1 unspecified atom stereocenters. The Morgan fingerprint density at radius 3 is 3.11 bits per heavy atom. The number of pyridine rings is 1. The quantitative estimate of drug-likeness (QED) is 0.910. The Morgan fingerprint density at radius 2 is 2.37 bits per heavy atom. The van der Waals surface area contributed by atoms with Crippen LogP contribution in [0.1, 0.15) is 16.5 Å². The highest BCUT2D eigenvalue weighted by Gasteiger charge is 2.31. The minimum Gasteiger partial charge on any atom is -0.309 e. The maximum atomic E-state index is 12.7. The number of nitrogens with one attached hydrogen (secondary N) is 1. The number of hydrogen-bond acceptors (Lipinski definition) is 4. The molecule has 3 heterocycles. The highest BCUT2D eigenvalue weighted by Crippen LogP contribution is 2.31. The van der Waals surface area contributed by atoms with E-state index in [0.29, 0.717) is 6.54 Å². The molecular weight excluding hydrogens is 258 g/mol. The first-order chi connectivity index (χ1) is 9.31. The van der Waals surface area contributed by atoms with Crippen molar-refractivity contribution in [2.45, 2.75) is 12.5 Å². The Kier molecular flexibility index (Phi) is 3.31. The summed E-state index contributed by atoms with van der Waals surface area (Å²) in [4.78, 5) is 19.7. The van der Waals surface area contributed by atoms with Crippen molar-refractivity contribution in [3.63, 3.8) is 0 Å². The fourth-order valence-electron chi connectivity index (χ4n) is 2.44. The lowest BCUT2D eigenvalue weighted by atomic mass is 10.1. The van der Waals surface area contributed by atoms with Crippen molar-refractivity contribution < 1.29 is 4.79 Å². The summed E-state index contributed by atoms with van der Waals surface area (Å²) in [5.41, 5.74) is 2.13. The molecule has 0 bridgehead atoms. The summed E-state index contributed by atoms with van der Waals surface area (Å²) in [6.45, 7) is 0.701. The summed E-state index contributed by atoms with van der Waals surface area (Å²) in [5.74, 6) is 0.0942. The Balaban J connectivity index is 1.99. The van der Waals surface area contributed by atoms with Crippen molar-refractivity contribution in [2.24, 2.45) is 0 Å². The number of fused-ring (bicyclic) bond motifs is 1. The molecular formula is C14H15N3OS. The van der Waals surface area contributed by atoms with E-state index in [1.165, 1.54) is 5.56 Å². The second kappa shape index (κ2) is 5.11. The third-order valence-corrected chi connectivity index (χ3v) is 4.43. The summed E-state index contributed by atoms with van der Waals surface area (Å²) < 4.78 is 0. The van der Waals surface area contributed by atoms with Gasteiger partial charge >= 0.3 is 0 Å². The molecule has 5 heteroatoms. The van der Waals surface area contributed by atoms with Crippen molar-refractivity contribution in [3.05, 3.63) is 46.4 Å². The molecule has 98 valence electrons. The Hall–Kier alpha value is -1.72. The number of carbonyl (C=O) groups is 1. The molecule has 2 aromatic heterocycles. The van der Waals surface area contributed by atoms with E-state index in [-0.39, 0.29) is 11.9 Å². The predicted octanol–water partition coefficient (Wildman–Crippen LogP) is 1.99. The minimum absolute atomic E-state index is 0.0942. The zero-order chi connectivity index (χ0) is 13.2. The molecule has 2 aromatic rings. The lowest BCUT2D eigenvalue weighted by Crippen LogP contribution is -2.39. The minimum atomic E-state index is -0.252. The van der Waals surface area contributed by atoms with Gasteiger partial charge in [0.25, 0.3) is 0 Å². The molecule has 3 rings (SSSR count). The first kappa shape index (κ1) is 12.3. The number of amides is 1. The number of aromatic nitrogens is 1. The van der Waals surface area contributed by atoms with Gasteiger partial charge in [-0.3, -0.25) is 9.78 Å². The number of thiophene rings is 1. The Labute approximate surface area is 116 Å². The van der Waals surface area contributed by atoms with Gasteiger partial charge in [-0.15, -0.1) is 11.3 Å². The number of hydrogen-bond donors (Lipinski definition) is 1. The molecule has 0 fully saturated rings. The van der Waals surface area contributed by atoms with Gasteiger partial charge in [-0.1, -0.05) is 0 Å². The van der Waals surface area contributed by atoms with Crippen LogP contribution in [0.15, 0.2) is 36.0 Å². The molecule has 1 aliphatic heterocycles. The Morgan fingerprint density at radius 1 is 1.47 bits per heavy atom. The van der Waals surface area contributed by atoms with E-state index in [2.05, 4.69) is 21.7 Å². The average Bonchev–Trinajstić information content (AvgIpc) is 2.85. The van der Waals surface area contributed by atoms with Gasteiger partial charge in [-0.05, 0) is 42.6 Å². The van der Waals surface area contributed by atoms with Crippen LogP contribution in [0, 0.1) is 0 Å². The first-order valence-corrected chi connectivity index (χ1v) is 7.14. The molecule has 1 atom stereocenters. The molecule has 0 saturated heterocycles. The second-order valence-corrected chi connectivity index (χ2v) is 5.43. The van der Waals surface area contributed by atoms with Crippen LogP contribution in [0.4, 0.5) is 5.69 Å². The summed E-state index contributed by atoms with van der Waals surface area (Å²) >= 11 is 1.65. The van der Waals surface area contributed by atoms with Crippen LogP contribution in [0.25, 0.3) is 0 Å². The lowest BCUT2D eigenvalue weighted by molar-refractivity contribution is -0.120. The molecule has 0 aliphatic carbocycles. The van der Waals surface area contributed by atoms with Crippen LogP contribution in [-0.4, -0.2) is 24.5 Å². The monoisotopic (exact) mass is 273 g/mol. The summed E-state index contributed by atoms with van der Waals surface area (Å²) in [6, 6.07) is 5.65. The van der Waals surface area contributed by atoms with Crippen molar-refractivity contribution in [1.29, 1.82) is 0 Å². The number of rotatable bonds is 2. The van der Waals surface area contributed by atoms with Gasteiger partial charge in [-0.25, -0.2) is 0 Å². The molecule has 0 saturated carbocycles. The number of anilines is 1. The summed E-state index contributed by atoms with van der Waals surface area (Å²) in [7, 11) is 1.83. The van der Waals surface area contributed by atoms with E-state index in [1.807, 2.05) is 24.1 Å². The van der Waals surface area contributed by atoms with Gasteiger partial charge in [0.1, 0.15) is 6.04 Å². The van der Waals surface area contributed by atoms with Crippen molar-refractivity contribution in [2.75, 3.05) is 18.5 Å². The average molecular weight is 273 g/mol. The highest BCUT2D eigenvalue weighted by atomic mass is 32.1. The van der Waals surface area contributed by atoms with Crippen molar-refractivity contribution in [1.82, 2.24) is 10.3 Å². The SMILES string of the molecule is CNC1C(=O)N(c2cccnc2)CCc2ccsc21. The second-order valence-electron chi connectivity index (χ2n) is 4.48. The van der Waals surface area contributed by atoms with Crippen LogP contribution in [-0.2, 0) is 11.2 Å². The molecule has 1 amide bonds. The number of carbonyl (C=O) groups excluding carboxylic acids is 1. The van der Waals surface area contributed by atoms with Gasteiger partial charge in [0.2, 0.25) is 5.91 Å². The fourth-order valence-corrected chi connectivity index (χ4v) is 3.50. The largest absolute Gasteiger partial charge is 0.309 e. The molecule has 1 aliphatic rings. The van der Waals surface area contributed by atoms with Crippen LogP contribution >= 0.6 is 11.3 Å². The fraction of sp³-hybridized carbons (Fsp3) is 0.286. The van der Waals surface area contributed by atoms with Gasteiger partial charge in [0.05, 0.1) is 11.9 Å². The molecule has 0 aromatic carbocycles. The van der Waals surface area contributed by atoms with E-state index in [4.69, 9.17) is 0 Å². The number of likely N-dealkylation sites (N-methyl/N-ethyl adjacent to an activating group) is 1. The van der Waals surface area contributed by atoms with E-state index >= 15 is 0 Å². The van der Waals surface area contributed by atoms with Gasteiger partial charge < -0.3 is 10.2 Å². The molecule has 0 spiro atoms. The first-order valence-electron chi connectivity index (χ1n) is 6.26. The van der Waals surface area contributed by atoms with Crippen LogP contribution < -0.4 is 10.2 Å². The normalized spacial score (nSPS) is 19.1. The smallest absolute Gasteiger partial charge is 0.249 e. The zero-order valence-electron chi connectivity index (χ0n) is 10.7. The van der Waals surface area contributed by atoms with Crippen LogP contribution in [0.2, 0.25) is 0 Å². The van der Waals surface area contributed by atoms with E-state index in [0.717, 1.165) is 17.0 Å². The summed E-state index contributed by atoms with van der Waals surface area (Å²) in [6.07, 6.45) is 4.35. The maximum absolute atomic E-state index is 12.7. The topological polar surface area (TPSA) is 45.2 Å². The molecule has 19 heavy (non-hydrogen) atoms. The summed E-state index contributed by atoms with van der Waals surface area (Å²) in [5, 5.41) is 5.19. The third-order valence-electron chi connectivity index (χ3n) is 3.41. The maximum Gasteiger partial charge on any atom is 0.249 e. The van der Waals surface area contributed by atoms with E-state index in [9.17, 15) is 4.79 Å². The van der Waals surface area contributed by atoms with Crippen LogP contribution in [0.3, 0.4) is 0 Å². The van der Waals surface area contributed by atoms with Gasteiger partial charge in [-0.2, -0.15) is 0 Å². The third kappa shape index (κ3) is 2.15. The van der Waals surface area contributed by atoms with E-state index in [1.54, 1.807) is 23.7 Å². The van der Waals surface area contributed by atoms with E-state index < -0.39 is 0 Å². The standard InChI is InChI=1S/C14H15N3OS/c1-15-12-13-10(5-8-19-13)4-7-17(14(12)18)11-3-2-6-16-9-11/h2-3,5-6,8-9,12,15H,4,7H2,1H3. The molecule has 0 radical (unpaired) electrons. The van der Waals surface area contributed by atoms with Crippen molar-refractivity contribution >= 4 is 22.9 Å². The highest BCUT2D eigenvalue weighted by molar-refractivity contribution is 7.10. The van der Waals surface area contributed by atoms with Gasteiger partial charge in [0, 0.05) is 17.6 Å². The predicted molar refractivity (Wildman–Crippen MR) is 76.4 cm³/mol. The molecule has 1 N–H and O–H groups in total. The number of nitrogens with zero attached hydrogens (tertiary/aromatic N) is 2. The van der Waals surface area contributed by atoms with Crippen molar-refractivity contribution in [3.8, 4) is 0 Å². The Bertz CT molecular complexity index is 581. The van der Waals surface area contributed by atoms with Crippen LogP contribution in [0.5, 0.6) is 0 Å². The molecule has 4 nitrogen and oxygen atoms in total. The van der Waals surface area contributed by atoms with Gasteiger partial charge in [0.15, 0.2) is 0 Å². The zero-order valence-corrected chi connectivity index (χ0v) is 11.5. The lowest BCUT2D eigenvalue weighted by Gasteiger charge is -2.23.